The van der Waals surface area contributed by atoms with Crippen molar-refractivity contribution < 1.29 is 22.7 Å². The number of benzene rings is 2. The topological polar surface area (TPSA) is 79.4 Å². The third kappa shape index (κ3) is 4.33. The van der Waals surface area contributed by atoms with Gasteiger partial charge in [0.15, 0.2) is 0 Å². The van der Waals surface area contributed by atoms with Gasteiger partial charge in [0.1, 0.15) is 16.5 Å². The average molecular weight is 430 g/mol. The molecule has 2 N–H and O–H groups in total. The van der Waals surface area contributed by atoms with Crippen LogP contribution in [0.1, 0.15) is 15.5 Å². The van der Waals surface area contributed by atoms with Crippen LogP contribution in [0.15, 0.2) is 65.2 Å². The highest BCUT2D eigenvalue weighted by molar-refractivity contribution is 7.11. The maximum absolute atomic E-state index is 12.7. The Balaban J connectivity index is 1.67. The monoisotopic (exact) mass is 430 g/mol. The van der Waals surface area contributed by atoms with Gasteiger partial charge in [0.25, 0.3) is 5.91 Å². The van der Waals surface area contributed by atoms with Crippen molar-refractivity contribution in [3.8, 4) is 16.9 Å². The lowest BCUT2D eigenvalue weighted by molar-refractivity contribution is -0.274. The molecule has 0 aliphatic heterocycles. The standard InChI is InChI=1S/C20H13F3N4O2S/c21-20(22,23)29-13-7-5-12(6-8-13)17-14-3-1-2-4-15(14)26-18(17)19(28)27-25-11-16-24-9-10-30-16/h1-11,26H,(H,27,28). The molecule has 0 radical (unpaired) electrons. The zero-order valence-electron chi connectivity index (χ0n) is 15.1. The van der Waals surface area contributed by atoms with Gasteiger partial charge in [-0.05, 0) is 23.8 Å². The number of thiazole rings is 1. The number of hydrogen-bond acceptors (Lipinski definition) is 5. The Labute approximate surface area is 172 Å². The van der Waals surface area contributed by atoms with E-state index in [1.807, 2.05) is 18.2 Å². The highest BCUT2D eigenvalue weighted by atomic mass is 32.1. The van der Waals surface area contributed by atoms with Gasteiger partial charge >= 0.3 is 6.36 Å². The summed E-state index contributed by atoms with van der Waals surface area (Å²) in [5.74, 6) is -0.838. The lowest BCUT2D eigenvalue weighted by atomic mass is 10.0. The van der Waals surface area contributed by atoms with E-state index in [0.29, 0.717) is 21.7 Å². The van der Waals surface area contributed by atoms with Crippen LogP contribution in [0.2, 0.25) is 0 Å². The minimum Gasteiger partial charge on any atom is -0.406 e. The molecule has 0 saturated carbocycles. The van der Waals surface area contributed by atoms with E-state index in [2.05, 4.69) is 25.2 Å². The fraction of sp³-hybridized carbons (Fsp3) is 0.0500. The van der Waals surface area contributed by atoms with Crippen molar-refractivity contribution in [3.05, 3.63) is 70.8 Å². The molecule has 2 heterocycles. The van der Waals surface area contributed by atoms with E-state index in [1.54, 1.807) is 17.6 Å². The molecular weight excluding hydrogens is 417 g/mol. The van der Waals surface area contributed by atoms with E-state index in [1.165, 1.54) is 41.8 Å². The molecule has 10 heteroatoms. The number of nitrogens with zero attached hydrogens (tertiary/aromatic N) is 2. The number of aromatic amines is 1. The Morgan fingerprint density at radius 2 is 1.93 bits per heavy atom. The minimum absolute atomic E-state index is 0.233. The van der Waals surface area contributed by atoms with Crippen molar-refractivity contribution in [2.75, 3.05) is 0 Å². The normalized spacial score (nSPS) is 11.8. The third-order valence-electron chi connectivity index (χ3n) is 4.10. The van der Waals surface area contributed by atoms with Crippen LogP contribution < -0.4 is 10.2 Å². The molecule has 0 spiro atoms. The van der Waals surface area contributed by atoms with E-state index in [-0.39, 0.29) is 11.4 Å². The van der Waals surface area contributed by atoms with Crippen LogP contribution in [0.25, 0.3) is 22.0 Å². The first-order chi connectivity index (χ1) is 14.4. The molecule has 0 saturated heterocycles. The fourth-order valence-electron chi connectivity index (χ4n) is 2.94. The maximum atomic E-state index is 12.7. The van der Waals surface area contributed by atoms with E-state index in [0.717, 1.165) is 5.39 Å². The van der Waals surface area contributed by atoms with Gasteiger partial charge in [0.2, 0.25) is 0 Å². The van der Waals surface area contributed by atoms with Crippen molar-refractivity contribution in [2.45, 2.75) is 6.36 Å². The number of halogens is 3. The quantitative estimate of drug-likeness (QED) is 0.347. The van der Waals surface area contributed by atoms with Gasteiger partial charge in [-0.25, -0.2) is 10.4 Å². The number of nitrogens with one attached hydrogen (secondary N) is 2. The Morgan fingerprint density at radius 3 is 2.63 bits per heavy atom. The van der Waals surface area contributed by atoms with Crippen LogP contribution >= 0.6 is 11.3 Å². The Kier molecular flexibility index (Phi) is 5.23. The van der Waals surface area contributed by atoms with Crippen LogP contribution in [0.3, 0.4) is 0 Å². The highest BCUT2D eigenvalue weighted by Crippen LogP contribution is 2.34. The summed E-state index contributed by atoms with van der Waals surface area (Å²) in [6.45, 7) is 0. The molecule has 4 rings (SSSR count). The second-order valence-corrected chi connectivity index (χ2v) is 6.99. The molecule has 6 nitrogen and oxygen atoms in total. The summed E-state index contributed by atoms with van der Waals surface area (Å²) in [7, 11) is 0. The van der Waals surface area contributed by atoms with Crippen molar-refractivity contribution >= 4 is 34.4 Å². The van der Waals surface area contributed by atoms with Crippen LogP contribution in [-0.2, 0) is 0 Å². The van der Waals surface area contributed by atoms with Crippen LogP contribution in [0.5, 0.6) is 5.75 Å². The number of hydrazone groups is 1. The van der Waals surface area contributed by atoms with Gasteiger partial charge in [-0.1, -0.05) is 30.3 Å². The first-order valence-electron chi connectivity index (χ1n) is 8.60. The summed E-state index contributed by atoms with van der Waals surface area (Å²) in [6.07, 6.45) is -1.73. The zero-order chi connectivity index (χ0) is 21.1. The molecule has 4 aromatic rings. The van der Waals surface area contributed by atoms with Gasteiger partial charge in [-0.15, -0.1) is 24.5 Å². The molecule has 0 aliphatic rings. The summed E-state index contributed by atoms with van der Waals surface area (Å²) in [4.78, 5) is 19.8. The predicted octanol–water partition coefficient (Wildman–Crippen LogP) is 4.95. The van der Waals surface area contributed by atoms with Gasteiger partial charge in [-0.2, -0.15) is 5.10 Å². The first-order valence-corrected chi connectivity index (χ1v) is 9.48. The van der Waals surface area contributed by atoms with E-state index < -0.39 is 12.3 Å². The number of amides is 1. The lowest BCUT2D eigenvalue weighted by Gasteiger charge is -2.10. The molecule has 0 aliphatic carbocycles. The molecule has 2 aromatic carbocycles. The number of alkyl halides is 3. The van der Waals surface area contributed by atoms with Gasteiger partial charge in [-0.3, -0.25) is 4.79 Å². The Hall–Kier alpha value is -3.66. The van der Waals surface area contributed by atoms with Crippen molar-refractivity contribution in [2.24, 2.45) is 5.10 Å². The Morgan fingerprint density at radius 1 is 1.17 bits per heavy atom. The molecule has 1 amide bonds. The number of rotatable bonds is 5. The average Bonchev–Trinajstić information content (AvgIpc) is 3.35. The molecule has 0 bridgehead atoms. The number of carbonyl (C=O) groups excluding carboxylic acids is 1. The number of fused-ring (bicyclic) bond motifs is 1. The molecular formula is C20H13F3N4O2S. The second-order valence-electron chi connectivity index (χ2n) is 6.06. The predicted molar refractivity (Wildman–Crippen MR) is 108 cm³/mol. The van der Waals surface area contributed by atoms with Crippen LogP contribution in [-0.4, -0.2) is 28.5 Å². The number of para-hydroxylation sites is 1. The van der Waals surface area contributed by atoms with Gasteiger partial charge < -0.3 is 9.72 Å². The van der Waals surface area contributed by atoms with Crippen molar-refractivity contribution in [1.29, 1.82) is 0 Å². The molecule has 30 heavy (non-hydrogen) atoms. The largest absolute Gasteiger partial charge is 0.573 e. The smallest absolute Gasteiger partial charge is 0.406 e. The molecule has 0 fully saturated rings. The summed E-state index contributed by atoms with van der Waals surface area (Å²) >= 11 is 1.37. The molecule has 0 unspecified atom stereocenters. The van der Waals surface area contributed by atoms with Crippen LogP contribution in [0.4, 0.5) is 13.2 Å². The second kappa shape index (κ2) is 7.99. The van der Waals surface area contributed by atoms with Crippen molar-refractivity contribution in [3.63, 3.8) is 0 Å². The van der Waals surface area contributed by atoms with Gasteiger partial charge in [0.05, 0.1) is 6.21 Å². The third-order valence-corrected chi connectivity index (χ3v) is 4.81. The van der Waals surface area contributed by atoms with Crippen LogP contribution in [0, 0.1) is 0 Å². The number of aromatic nitrogens is 2. The summed E-state index contributed by atoms with van der Waals surface area (Å²) < 4.78 is 41.2. The maximum Gasteiger partial charge on any atom is 0.573 e. The number of H-pyrrole nitrogens is 1. The fourth-order valence-corrected chi connectivity index (χ4v) is 3.43. The summed E-state index contributed by atoms with van der Waals surface area (Å²) in [5, 5.41) is 7.07. The molecule has 2 aromatic heterocycles. The minimum atomic E-state index is -4.78. The lowest BCUT2D eigenvalue weighted by Crippen LogP contribution is -2.19. The first kappa shape index (κ1) is 19.6. The van der Waals surface area contributed by atoms with Crippen molar-refractivity contribution in [1.82, 2.24) is 15.4 Å². The number of carbonyl (C=O) groups is 1. The van der Waals surface area contributed by atoms with Gasteiger partial charge in [0, 0.05) is 28.0 Å². The van der Waals surface area contributed by atoms with E-state index in [9.17, 15) is 18.0 Å². The van der Waals surface area contributed by atoms with E-state index >= 15 is 0 Å². The molecule has 152 valence electrons. The number of hydrogen-bond donors (Lipinski definition) is 2. The summed E-state index contributed by atoms with van der Waals surface area (Å²) in [5.41, 5.74) is 4.48. The zero-order valence-corrected chi connectivity index (χ0v) is 15.9. The highest BCUT2D eigenvalue weighted by Gasteiger charge is 2.31. The SMILES string of the molecule is O=C(NN=Cc1nccs1)c1[nH]c2ccccc2c1-c1ccc(OC(F)(F)F)cc1. The van der Waals surface area contributed by atoms with E-state index in [4.69, 9.17) is 0 Å². The summed E-state index contributed by atoms with van der Waals surface area (Å²) in [6, 6.07) is 12.6. The molecule has 0 atom stereocenters. The Bertz CT molecular complexity index is 1200. The number of ether oxygens (including phenoxy) is 1.